The van der Waals surface area contributed by atoms with Crippen LogP contribution in [0, 0.1) is 28.6 Å². The van der Waals surface area contributed by atoms with Gasteiger partial charge in [-0.05, 0) is 91.0 Å². The molecular formula is C30H43NO7S. The Bertz CT molecular complexity index is 1120. The van der Waals surface area contributed by atoms with Crippen molar-refractivity contribution in [3.8, 4) is 11.8 Å². The van der Waals surface area contributed by atoms with E-state index >= 15 is 0 Å². The Kier molecular flexibility index (Phi) is 10.1. The predicted octanol–water partition coefficient (Wildman–Crippen LogP) is 4.80. The van der Waals surface area contributed by atoms with Gasteiger partial charge in [0.15, 0.2) is 0 Å². The Morgan fingerprint density at radius 3 is 2.51 bits per heavy atom. The number of aliphatic hydroxyl groups is 1. The molecule has 39 heavy (non-hydrogen) atoms. The number of carbonyl (C=O) groups excluding carboxylic acids is 1. The first kappa shape index (κ1) is 31.3. The van der Waals surface area contributed by atoms with E-state index in [1.165, 1.54) is 5.57 Å². The van der Waals surface area contributed by atoms with Crippen LogP contribution in [0.2, 0.25) is 0 Å². The second-order valence-corrected chi connectivity index (χ2v) is 13.4. The van der Waals surface area contributed by atoms with Crippen molar-refractivity contribution in [3.63, 3.8) is 0 Å². The largest absolute Gasteiger partial charge is 0.477 e. The van der Waals surface area contributed by atoms with E-state index in [1.807, 2.05) is 20.8 Å². The smallest absolute Gasteiger partial charge is 0.348 e. The van der Waals surface area contributed by atoms with E-state index in [9.17, 15) is 19.8 Å². The monoisotopic (exact) mass is 561 g/mol. The normalized spacial score (nSPS) is 29.0. The molecule has 0 radical (unpaired) electrons. The zero-order chi connectivity index (χ0) is 27.6. The average molecular weight is 562 g/mol. The summed E-state index contributed by atoms with van der Waals surface area (Å²) < 4.78 is 11.3. The first-order chi connectivity index (χ1) is 17.9. The fourth-order valence-electron chi connectivity index (χ4n) is 5.71. The number of thiophene rings is 1. The van der Waals surface area contributed by atoms with Gasteiger partial charge in [-0.1, -0.05) is 23.5 Å². The summed E-state index contributed by atoms with van der Waals surface area (Å²) >= 11 is 1.09. The summed E-state index contributed by atoms with van der Waals surface area (Å²) in [5, 5.41) is 24.0. The number of ether oxygens (including phenoxy) is 2. The standard InChI is InChI=1S/C30H41NO6S.H2O/c1-20-5-14-30(15-6-20,21-7-12-29(35,13-8-21)19-37-22-10-16-36-18-22)27(34)31-24-17-23(9-11-28(2,3)4)38-25(24)26(32)33;/h5,17,21-22,35H,6-8,10,12-16,18-19H2,1-4H3,(H,31,34)(H,32,33);1H2/t21?,22-,29?,30-;/m0./s1. The molecule has 1 amide bonds. The highest BCUT2D eigenvalue weighted by Gasteiger charge is 2.49. The number of anilines is 1. The van der Waals surface area contributed by atoms with Gasteiger partial charge in [0.25, 0.3) is 0 Å². The van der Waals surface area contributed by atoms with Gasteiger partial charge in [-0.2, -0.15) is 0 Å². The zero-order valence-electron chi connectivity index (χ0n) is 23.5. The molecule has 1 saturated heterocycles. The van der Waals surface area contributed by atoms with Crippen LogP contribution in [0.3, 0.4) is 0 Å². The second kappa shape index (κ2) is 12.5. The Labute approximate surface area is 235 Å². The third-order valence-electron chi connectivity index (χ3n) is 8.14. The minimum atomic E-state index is -1.07. The molecule has 5 N–H and O–H groups in total. The number of allylic oxidation sites excluding steroid dienone is 2. The summed E-state index contributed by atoms with van der Waals surface area (Å²) in [6.07, 6.45) is 7.82. The molecule has 4 rings (SSSR count). The highest BCUT2D eigenvalue weighted by molar-refractivity contribution is 7.15. The zero-order valence-corrected chi connectivity index (χ0v) is 24.3. The number of hydrogen-bond donors (Lipinski definition) is 3. The molecule has 0 aromatic carbocycles. The van der Waals surface area contributed by atoms with Crippen LogP contribution in [0.15, 0.2) is 17.7 Å². The van der Waals surface area contributed by atoms with Gasteiger partial charge in [-0.25, -0.2) is 4.79 Å². The summed E-state index contributed by atoms with van der Waals surface area (Å²) in [7, 11) is 0. The van der Waals surface area contributed by atoms with Gasteiger partial charge in [0, 0.05) is 12.0 Å². The highest BCUT2D eigenvalue weighted by atomic mass is 32.1. The fourth-order valence-corrected chi connectivity index (χ4v) is 6.52. The molecule has 1 aliphatic heterocycles. The summed E-state index contributed by atoms with van der Waals surface area (Å²) in [6, 6.07) is 1.69. The van der Waals surface area contributed by atoms with Crippen LogP contribution in [0.25, 0.3) is 0 Å². The van der Waals surface area contributed by atoms with Gasteiger partial charge >= 0.3 is 5.97 Å². The molecule has 0 unspecified atom stereocenters. The van der Waals surface area contributed by atoms with Crippen LogP contribution < -0.4 is 5.32 Å². The number of amides is 1. The van der Waals surface area contributed by atoms with Crippen LogP contribution in [-0.4, -0.2) is 59.1 Å². The Morgan fingerprint density at radius 2 is 1.95 bits per heavy atom. The molecule has 216 valence electrons. The number of hydrogen-bond acceptors (Lipinski definition) is 6. The van der Waals surface area contributed by atoms with E-state index in [0.717, 1.165) is 37.0 Å². The van der Waals surface area contributed by atoms with E-state index in [4.69, 9.17) is 9.47 Å². The third-order valence-corrected chi connectivity index (χ3v) is 9.18. The lowest BCUT2D eigenvalue weighted by Gasteiger charge is -2.46. The van der Waals surface area contributed by atoms with E-state index in [-0.39, 0.29) is 33.7 Å². The molecule has 2 fully saturated rings. The number of aromatic carboxylic acids is 1. The van der Waals surface area contributed by atoms with E-state index in [1.54, 1.807) is 6.07 Å². The lowest BCUT2D eigenvalue weighted by atomic mass is 9.60. The van der Waals surface area contributed by atoms with Crippen molar-refractivity contribution in [1.29, 1.82) is 0 Å². The van der Waals surface area contributed by atoms with Crippen LogP contribution in [0.4, 0.5) is 5.69 Å². The van der Waals surface area contributed by atoms with Crippen LogP contribution >= 0.6 is 11.3 Å². The average Bonchev–Trinajstić information content (AvgIpc) is 3.52. The van der Waals surface area contributed by atoms with Crippen molar-refractivity contribution < 1.29 is 34.8 Å². The SMILES string of the molecule is CC1=CC[C@@](C(=O)Nc2cc(C#CC(C)(C)C)sc2C(=O)O)(C2CCC(O)(CO[C@H]3CCOC3)CC2)CC1.O. The molecule has 3 aliphatic rings. The molecule has 1 aromatic heterocycles. The van der Waals surface area contributed by atoms with E-state index < -0.39 is 17.0 Å². The molecule has 2 aliphatic carbocycles. The Balaban J connectivity index is 0.00000420. The number of rotatable bonds is 7. The van der Waals surface area contributed by atoms with Gasteiger partial charge in [-0.15, -0.1) is 11.3 Å². The second-order valence-electron chi connectivity index (χ2n) is 12.3. The molecule has 2 heterocycles. The molecule has 8 nitrogen and oxygen atoms in total. The lowest BCUT2D eigenvalue weighted by Crippen LogP contribution is -2.48. The summed E-state index contributed by atoms with van der Waals surface area (Å²) in [5.41, 5.74) is -0.158. The molecule has 1 saturated carbocycles. The van der Waals surface area contributed by atoms with E-state index in [0.29, 0.717) is 56.1 Å². The van der Waals surface area contributed by atoms with Crippen molar-refractivity contribution in [1.82, 2.24) is 0 Å². The Morgan fingerprint density at radius 1 is 1.23 bits per heavy atom. The maximum Gasteiger partial charge on any atom is 0.348 e. The van der Waals surface area contributed by atoms with Gasteiger partial charge < -0.3 is 30.5 Å². The van der Waals surface area contributed by atoms with Crippen molar-refractivity contribution in [2.24, 2.45) is 16.7 Å². The lowest BCUT2D eigenvalue weighted by molar-refractivity contribution is -0.136. The summed E-state index contributed by atoms with van der Waals surface area (Å²) in [4.78, 5) is 26.7. The van der Waals surface area contributed by atoms with Gasteiger partial charge in [-0.3, -0.25) is 4.79 Å². The van der Waals surface area contributed by atoms with Gasteiger partial charge in [0.05, 0.1) is 40.9 Å². The van der Waals surface area contributed by atoms with Crippen molar-refractivity contribution in [2.45, 2.75) is 90.8 Å². The third kappa shape index (κ3) is 7.71. The minimum absolute atomic E-state index is 0. The summed E-state index contributed by atoms with van der Waals surface area (Å²) in [5.74, 6) is 5.10. The minimum Gasteiger partial charge on any atom is -0.477 e. The van der Waals surface area contributed by atoms with E-state index in [2.05, 4.69) is 30.2 Å². The van der Waals surface area contributed by atoms with Crippen LogP contribution in [0.5, 0.6) is 0 Å². The van der Waals surface area contributed by atoms with Gasteiger partial charge in [0.1, 0.15) is 4.88 Å². The molecule has 0 spiro atoms. The number of carbonyl (C=O) groups is 2. The predicted molar refractivity (Wildman–Crippen MR) is 152 cm³/mol. The topological polar surface area (TPSA) is 137 Å². The fraction of sp³-hybridized carbons (Fsp3) is 0.667. The van der Waals surface area contributed by atoms with Crippen molar-refractivity contribution in [3.05, 3.63) is 27.5 Å². The van der Waals surface area contributed by atoms with Crippen LogP contribution in [0.1, 0.15) is 93.6 Å². The number of carboxylic acid groups (broad SMARTS) is 1. The van der Waals surface area contributed by atoms with Gasteiger partial charge in [0.2, 0.25) is 5.91 Å². The molecular weight excluding hydrogens is 518 g/mol. The number of carboxylic acids is 1. The molecule has 9 heteroatoms. The first-order valence-electron chi connectivity index (χ1n) is 13.7. The quantitative estimate of drug-likeness (QED) is 0.323. The maximum atomic E-state index is 14.0. The maximum absolute atomic E-state index is 14.0. The Hall–Kier alpha value is -2.22. The first-order valence-corrected chi connectivity index (χ1v) is 14.5. The summed E-state index contributed by atoms with van der Waals surface area (Å²) in [6.45, 7) is 9.66. The van der Waals surface area contributed by atoms with Crippen molar-refractivity contribution >= 4 is 28.9 Å². The van der Waals surface area contributed by atoms with Crippen molar-refractivity contribution in [2.75, 3.05) is 25.1 Å². The molecule has 0 bridgehead atoms. The van der Waals surface area contributed by atoms with Crippen LogP contribution in [-0.2, 0) is 14.3 Å². The number of nitrogens with one attached hydrogen (secondary N) is 1. The highest BCUT2D eigenvalue weighted by Crippen LogP contribution is 2.50. The molecule has 2 atom stereocenters. The molecule has 1 aromatic rings.